The van der Waals surface area contributed by atoms with Gasteiger partial charge in [0.1, 0.15) is 11.4 Å². The Balaban J connectivity index is 1.24. The fourth-order valence-electron chi connectivity index (χ4n) is 4.95. The van der Waals surface area contributed by atoms with Gasteiger partial charge < -0.3 is 19.4 Å². The van der Waals surface area contributed by atoms with Gasteiger partial charge in [-0.05, 0) is 42.7 Å². The van der Waals surface area contributed by atoms with Crippen molar-refractivity contribution in [2.45, 2.75) is 31.0 Å². The number of likely N-dealkylation sites (tertiary alicyclic amines) is 2. The Morgan fingerprint density at radius 2 is 2.00 bits per heavy atom. The van der Waals surface area contributed by atoms with Gasteiger partial charge in [0, 0.05) is 62.1 Å². The Morgan fingerprint density at radius 3 is 2.71 bits per heavy atom. The van der Waals surface area contributed by atoms with Crippen LogP contribution < -0.4 is 4.74 Å². The normalized spacial score (nSPS) is 22.5. The van der Waals surface area contributed by atoms with Crippen molar-refractivity contribution in [2.75, 3.05) is 33.9 Å². The summed E-state index contributed by atoms with van der Waals surface area (Å²) in [5.41, 5.74) is 2.76. The van der Waals surface area contributed by atoms with Gasteiger partial charge in [-0.3, -0.25) is 14.7 Å². The maximum atomic E-state index is 13.1. The number of amides is 1. The summed E-state index contributed by atoms with van der Waals surface area (Å²) in [7, 11) is 3.43. The first-order chi connectivity index (χ1) is 15.2. The number of hydrogen-bond acceptors (Lipinski definition) is 5. The van der Waals surface area contributed by atoms with Gasteiger partial charge >= 0.3 is 0 Å². The number of aromatic amines is 1. The summed E-state index contributed by atoms with van der Waals surface area (Å²) in [4.78, 5) is 25.1. The van der Waals surface area contributed by atoms with Crippen molar-refractivity contribution in [3.05, 3.63) is 60.0 Å². The fourth-order valence-corrected chi connectivity index (χ4v) is 4.95. The van der Waals surface area contributed by atoms with Gasteiger partial charge in [0.15, 0.2) is 0 Å². The second-order valence-electron chi connectivity index (χ2n) is 8.36. The SMILES string of the molecule is COc1ccc2cc(C(=O)N3CCC(N4CC(OC)C4c4cccnc4)CC3)[nH]c2c1. The zero-order valence-electron chi connectivity index (χ0n) is 18.0. The number of ether oxygens (including phenoxy) is 2. The Kier molecular flexibility index (Phi) is 5.38. The van der Waals surface area contributed by atoms with Gasteiger partial charge in [0.25, 0.3) is 5.91 Å². The number of nitrogens with one attached hydrogen (secondary N) is 1. The second kappa shape index (κ2) is 8.32. The molecule has 3 aromatic rings. The summed E-state index contributed by atoms with van der Waals surface area (Å²) in [5, 5.41) is 1.02. The van der Waals surface area contributed by atoms with Crippen LogP contribution in [0.3, 0.4) is 0 Å². The highest BCUT2D eigenvalue weighted by Crippen LogP contribution is 2.39. The number of pyridine rings is 1. The van der Waals surface area contributed by atoms with E-state index < -0.39 is 0 Å². The van der Waals surface area contributed by atoms with Crippen LogP contribution in [0.25, 0.3) is 10.9 Å². The van der Waals surface area contributed by atoms with Crippen LogP contribution in [0.15, 0.2) is 48.8 Å². The summed E-state index contributed by atoms with van der Waals surface area (Å²) < 4.78 is 11.0. The summed E-state index contributed by atoms with van der Waals surface area (Å²) in [6.45, 7) is 2.45. The number of piperidine rings is 1. The number of rotatable bonds is 5. The molecule has 4 heterocycles. The lowest BCUT2D eigenvalue weighted by atomic mass is 9.87. The highest BCUT2D eigenvalue weighted by atomic mass is 16.5. The van der Waals surface area contributed by atoms with E-state index in [1.54, 1.807) is 20.4 Å². The topological polar surface area (TPSA) is 70.7 Å². The van der Waals surface area contributed by atoms with E-state index in [1.807, 2.05) is 41.4 Å². The number of benzene rings is 1. The largest absolute Gasteiger partial charge is 0.497 e. The molecule has 2 aliphatic heterocycles. The molecule has 2 unspecified atom stereocenters. The van der Waals surface area contributed by atoms with E-state index in [4.69, 9.17) is 9.47 Å². The lowest BCUT2D eigenvalue weighted by molar-refractivity contribution is -0.115. The number of carbonyl (C=O) groups excluding carboxylic acids is 1. The molecule has 0 spiro atoms. The molecule has 0 saturated carbocycles. The molecule has 2 saturated heterocycles. The van der Waals surface area contributed by atoms with Crippen LogP contribution >= 0.6 is 0 Å². The van der Waals surface area contributed by atoms with Gasteiger partial charge in [-0.15, -0.1) is 0 Å². The smallest absolute Gasteiger partial charge is 0.270 e. The first kappa shape index (κ1) is 20.0. The van der Waals surface area contributed by atoms with Gasteiger partial charge in [-0.2, -0.15) is 0 Å². The Morgan fingerprint density at radius 1 is 1.16 bits per heavy atom. The van der Waals surface area contributed by atoms with E-state index >= 15 is 0 Å². The van der Waals surface area contributed by atoms with Crippen molar-refractivity contribution in [1.29, 1.82) is 0 Å². The molecule has 31 heavy (non-hydrogen) atoms. The molecule has 5 rings (SSSR count). The number of hydrogen-bond donors (Lipinski definition) is 1. The molecule has 7 heteroatoms. The lowest BCUT2D eigenvalue weighted by Crippen LogP contribution is -2.60. The molecule has 1 N–H and O–H groups in total. The highest BCUT2D eigenvalue weighted by Gasteiger charge is 2.44. The van der Waals surface area contributed by atoms with Crippen LogP contribution in [0, 0.1) is 0 Å². The van der Waals surface area contributed by atoms with Crippen molar-refractivity contribution in [2.24, 2.45) is 0 Å². The minimum absolute atomic E-state index is 0.0656. The first-order valence-corrected chi connectivity index (χ1v) is 10.8. The molecular weight excluding hydrogens is 392 g/mol. The predicted molar refractivity (Wildman–Crippen MR) is 118 cm³/mol. The lowest BCUT2D eigenvalue weighted by Gasteiger charge is -2.52. The molecule has 2 aromatic heterocycles. The van der Waals surface area contributed by atoms with Crippen molar-refractivity contribution < 1.29 is 14.3 Å². The van der Waals surface area contributed by atoms with Crippen molar-refractivity contribution >= 4 is 16.8 Å². The zero-order chi connectivity index (χ0) is 21.4. The first-order valence-electron chi connectivity index (χ1n) is 10.8. The molecule has 0 bridgehead atoms. The summed E-state index contributed by atoms with van der Waals surface area (Å²) in [6, 6.07) is 12.5. The quantitative estimate of drug-likeness (QED) is 0.686. The molecule has 0 radical (unpaired) electrons. The second-order valence-corrected chi connectivity index (χ2v) is 8.36. The average Bonchev–Trinajstić information content (AvgIpc) is 3.23. The summed E-state index contributed by atoms with van der Waals surface area (Å²) in [6.07, 6.45) is 5.87. The van der Waals surface area contributed by atoms with E-state index in [0.717, 1.165) is 49.1 Å². The number of methoxy groups -OCH3 is 2. The Labute approximate surface area is 182 Å². The number of aromatic nitrogens is 2. The minimum Gasteiger partial charge on any atom is -0.497 e. The predicted octanol–water partition coefficient (Wildman–Crippen LogP) is 3.25. The molecular formula is C24H28N4O3. The van der Waals surface area contributed by atoms with E-state index in [1.165, 1.54) is 5.56 Å². The maximum Gasteiger partial charge on any atom is 0.270 e. The number of carbonyl (C=O) groups is 1. The third kappa shape index (κ3) is 3.68. The molecule has 1 aromatic carbocycles. The average molecular weight is 421 g/mol. The van der Waals surface area contributed by atoms with Gasteiger partial charge in [-0.1, -0.05) is 6.07 Å². The molecule has 0 aliphatic carbocycles. The molecule has 2 aliphatic rings. The Hall–Kier alpha value is -2.90. The van der Waals surface area contributed by atoms with Crippen LogP contribution in [0.4, 0.5) is 0 Å². The highest BCUT2D eigenvalue weighted by molar-refractivity contribution is 5.98. The monoisotopic (exact) mass is 420 g/mol. The van der Waals surface area contributed by atoms with Crippen LogP contribution in [0.1, 0.15) is 34.9 Å². The summed E-state index contributed by atoms with van der Waals surface area (Å²) >= 11 is 0. The van der Waals surface area contributed by atoms with Crippen LogP contribution in [0.2, 0.25) is 0 Å². The summed E-state index contributed by atoms with van der Waals surface area (Å²) in [5.74, 6) is 0.844. The maximum absolute atomic E-state index is 13.1. The third-order valence-corrected chi connectivity index (χ3v) is 6.71. The zero-order valence-corrected chi connectivity index (χ0v) is 18.0. The molecule has 2 atom stereocenters. The molecule has 1 amide bonds. The van der Waals surface area contributed by atoms with E-state index in [9.17, 15) is 4.79 Å². The van der Waals surface area contributed by atoms with Crippen molar-refractivity contribution in [3.8, 4) is 5.75 Å². The van der Waals surface area contributed by atoms with Crippen LogP contribution in [-0.4, -0.2) is 71.7 Å². The minimum atomic E-state index is 0.0656. The fraction of sp³-hybridized carbons (Fsp3) is 0.417. The van der Waals surface area contributed by atoms with Crippen molar-refractivity contribution in [1.82, 2.24) is 19.8 Å². The number of H-pyrrole nitrogens is 1. The number of fused-ring (bicyclic) bond motifs is 1. The van der Waals surface area contributed by atoms with Crippen LogP contribution in [0.5, 0.6) is 5.75 Å². The number of nitrogens with zero attached hydrogens (tertiary/aromatic N) is 3. The molecule has 2 fully saturated rings. The third-order valence-electron chi connectivity index (χ3n) is 6.71. The van der Waals surface area contributed by atoms with Gasteiger partial charge in [-0.25, -0.2) is 0 Å². The van der Waals surface area contributed by atoms with Crippen LogP contribution in [-0.2, 0) is 4.74 Å². The van der Waals surface area contributed by atoms with Gasteiger partial charge in [0.05, 0.1) is 19.3 Å². The van der Waals surface area contributed by atoms with Gasteiger partial charge in [0.2, 0.25) is 0 Å². The van der Waals surface area contributed by atoms with E-state index in [-0.39, 0.29) is 18.1 Å². The molecule has 7 nitrogen and oxygen atoms in total. The van der Waals surface area contributed by atoms with E-state index in [0.29, 0.717) is 11.7 Å². The Bertz CT molecular complexity index is 1060. The van der Waals surface area contributed by atoms with E-state index in [2.05, 4.69) is 20.9 Å². The molecule has 162 valence electrons. The standard InChI is InChI=1S/C24H28N4O3/c1-30-19-6-5-16-12-21(26-20(16)13-19)24(29)27-10-7-18(8-11-27)28-15-22(31-2)23(28)17-4-3-9-25-14-17/h3-6,9,12-14,18,22-23,26H,7-8,10-11,15H2,1-2H3. The van der Waals surface area contributed by atoms with Crippen molar-refractivity contribution in [3.63, 3.8) is 0 Å².